The highest BCUT2D eigenvalue weighted by Crippen LogP contribution is 2.44. The number of hydrogen-bond acceptors (Lipinski definition) is 1. The summed E-state index contributed by atoms with van der Waals surface area (Å²) in [5.74, 6) is 1.68. The summed E-state index contributed by atoms with van der Waals surface area (Å²) in [6.45, 7) is 0.832. The minimum Gasteiger partial charge on any atom is -0.330 e. The number of nitrogens with two attached hydrogens (primary N) is 1. The molecule has 1 heteroatoms. The normalized spacial score (nSPS) is 20.8. The summed E-state index contributed by atoms with van der Waals surface area (Å²) in [5, 5.41) is 0. The molecule has 1 nitrogen and oxygen atoms in total. The van der Waals surface area contributed by atoms with Gasteiger partial charge in [-0.15, -0.1) is 0 Å². The summed E-state index contributed by atoms with van der Waals surface area (Å²) in [4.78, 5) is 0. The van der Waals surface area contributed by atoms with Crippen molar-refractivity contribution in [2.24, 2.45) is 11.7 Å². The summed E-state index contributed by atoms with van der Waals surface area (Å²) in [5.41, 5.74) is 10.5. The second-order valence-corrected chi connectivity index (χ2v) is 5.40. The molecule has 0 bridgehead atoms. The van der Waals surface area contributed by atoms with Crippen molar-refractivity contribution in [3.05, 3.63) is 34.9 Å². The van der Waals surface area contributed by atoms with Crippen LogP contribution in [0.25, 0.3) is 0 Å². The van der Waals surface area contributed by atoms with E-state index in [0.717, 1.165) is 18.4 Å². The van der Waals surface area contributed by atoms with Crippen LogP contribution < -0.4 is 5.73 Å². The third kappa shape index (κ3) is 1.89. The van der Waals surface area contributed by atoms with Crippen LogP contribution in [0.15, 0.2) is 18.2 Å². The molecule has 2 aliphatic rings. The zero-order chi connectivity index (χ0) is 11.0. The van der Waals surface area contributed by atoms with Crippen molar-refractivity contribution < 1.29 is 0 Å². The predicted octanol–water partition coefficient (Wildman–Crippen LogP) is 3.02. The molecule has 0 radical (unpaired) electrons. The number of benzene rings is 1. The molecule has 16 heavy (non-hydrogen) atoms. The molecule has 0 saturated heterocycles. The van der Waals surface area contributed by atoms with Crippen LogP contribution in [-0.2, 0) is 12.8 Å². The Kier molecular flexibility index (Phi) is 2.72. The van der Waals surface area contributed by atoms with Crippen LogP contribution in [-0.4, -0.2) is 6.54 Å². The van der Waals surface area contributed by atoms with Gasteiger partial charge in [-0.3, -0.25) is 0 Å². The van der Waals surface area contributed by atoms with Crippen molar-refractivity contribution >= 4 is 0 Å². The van der Waals surface area contributed by atoms with E-state index in [1.807, 2.05) is 0 Å². The molecule has 3 rings (SSSR count). The molecule has 0 aliphatic heterocycles. The maximum Gasteiger partial charge on any atom is -0.00713 e. The molecule has 2 aliphatic carbocycles. The Labute approximate surface area is 98.0 Å². The first kappa shape index (κ1) is 10.3. The molecule has 1 atom stereocenters. The van der Waals surface area contributed by atoms with Gasteiger partial charge in [-0.25, -0.2) is 0 Å². The minimum atomic E-state index is 0.746. The van der Waals surface area contributed by atoms with E-state index in [1.54, 1.807) is 16.7 Å². The molecule has 1 unspecified atom stereocenters. The van der Waals surface area contributed by atoms with Crippen LogP contribution in [0.5, 0.6) is 0 Å². The quantitative estimate of drug-likeness (QED) is 0.821. The van der Waals surface area contributed by atoms with E-state index in [2.05, 4.69) is 18.2 Å². The predicted molar refractivity (Wildman–Crippen MR) is 67.6 cm³/mol. The first-order valence-corrected chi connectivity index (χ1v) is 6.70. The summed E-state index contributed by atoms with van der Waals surface area (Å²) in [6, 6.07) is 7.20. The lowest BCUT2D eigenvalue weighted by atomic mass is 9.89. The van der Waals surface area contributed by atoms with Gasteiger partial charge < -0.3 is 5.73 Å². The van der Waals surface area contributed by atoms with Gasteiger partial charge >= 0.3 is 0 Å². The Morgan fingerprint density at radius 3 is 2.75 bits per heavy atom. The van der Waals surface area contributed by atoms with E-state index >= 15 is 0 Å². The third-order valence-electron chi connectivity index (χ3n) is 4.22. The molecule has 1 saturated carbocycles. The van der Waals surface area contributed by atoms with Crippen LogP contribution in [0.3, 0.4) is 0 Å². The van der Waals surface area contributed by atoms with Crippen molar-refractivity contribution in [2.75, 3.05) is 6.54 Å². The Balaban J connectivity index is 1.86. The van der Waals surface area contributed by atoms with E-state index in [9.17, 15) is 0 Å². The molecular formula is C15H21N. The average Bonchev–Trinajstić information content (AvgIpc) is 3.03. The molecule has 86 valence electrons. The molecule has 1 fully saturated rings. The smallest absolute Gasteiger partial charge is 0.00713 e. The number of rotatable bonds is 4. The standard InChI is InChI=1S/C15H21N/c16-9-8-15(12-5-6-12)14-7-4-11-2-1-3-13(11)10-14/h4,7,10,12,15H,1-3,5-6,8-9,16H2. The van der Waals surface area contributed by atoms with Crippen LogP contribution in [0, 0.1) is 5.92 Å². The Bertz CT molecular complexity index is 379. The van der Waals surface area contributed by atoms with Gasteiger partial charge in [0.25, 0.3) is 0 Å². The first-order chi connectivity index (χ1) is 7.88. The Morgan fingerprint density at radius 1 is 1.19 bits per heavy atom. The highest BCUT2D eigenvalue weighted by molar-refractivity contribution is 5.37. The fourth-order valence-corrected chi connectivity index (χ4v) is 3.18. The summed E-state index contributed by atoms with van der Waals surface area (Å²) >= 11 is 0. The van der Waals surface area contributed by atoms with E-state index in [0.29, 0.717) is 0 Å². The zero-order valence-corrected chi connectivity index (χ0v) is 9.91. The first-order valence-electron chi connectivity index (χ1n) is 6.70. The van der Waals surface area contributed by atoms with Crippen LogP contribution in [0.2, 0.25) is 0 Å². The Hall–Kier alpha value is -0.820. The van der Waals surface area contributed by atoms with E-state index in [-0.39, 0.29) is 0 Å². The molecule has 0 aromatic heterocycles. The molecule has 1 aromatic rings. The summed E-state index contributed by atoms with van der Waals surface area (Å²) in [7, 11) is 0. The zero-order valence-electron chi connectivity index (χ0n) is 9.91. The van der Waals surface area contributed by atoms with Gasteiger partial charge in [0.15, 0.2) is 0 Å². The molecule has 0 spiro atoms. The van der Waals surface area contributed by atoms with Gasteiger partial charge in [-0.2, -0.15) is 0 Å². The molecule has 0 heterocycles. The van der Waals surface area contributed by atoms with Gasteiger partial charge in [0.2, 0.25) is 0 Å². The molecular weight excluding hydrogens is 194 g/mol. The van der Waals surface area contributed by atoms with Crippen LogP contribution >= 0.6 is 0 Å². The molecule has 2 N–H and O–H groups in total. The van der Waals surface area contributed by atoms with E-state index in [4.69, 9.17) is 5.73 Å². The van der Waals surface area contributed by atoms with Crippen molar-refractivity contribution in [1.82, 2.24) is 0 Å². The van der Waals surface area contributed by atoms with E-state index < -0.39 is 0 Å². The highest BCUT2D eigenvalue weighted by Gasteiger charge is 2.31. The van der Waals surface area contributed by atoms with Crippen molar-refractivity contribution in [3.8, 4) is 0 Å². The minimum absolute atomic E-state index is 0.746. The van der Waals surface area contributed by atoms with Gasteiger partial charge in [-0.05, 0) is 73.6 Å². The topological polar surface area (TPSA) is 26.0 Å². The van der Waals surface area contributed by atoms with E-state index in [1.165, 1.54) is 38.5 Å². The number of fused-ring (bicyclic) bond motifs is 1. The van der Waals surface area contributed by atoms with Crippen molar-refractivity contribution in [2.45, 2.75) is 44.4 Å². The second kappa shape index (κ2) is 4.21. The average molecular weight is 215 g/mol. The maximum atomic E-state index is 5.75. The maximum absolute atomic E-state index is 5.75. The number of aryl methyl sites for hydroxylation is 2. The van der Waals surface area contributed by atoms with Crippen molar-refractivity contribution in [3.63, 3.8) is 0 Å². The SMILES string of the molecule is NCCC(c1ccc2c(c1)CCC2)C1CC1. The van der Waals surface area contributed by atoms with Crippen LogP contribution in [0.1, 0.15) is 48.3 Å². The van der Waals surface area contributed by atoms with Gasteiger partial charge in [-0.1, -0.05) is 18.2 Å². The monoisotopic (exact) mass is 215 g/mol. The van der Waals surface area contributed by atoms with Gasteiger partial charge in [0.1, 0.15) is 0 Å². The lowest BCUT2D eigenvalue weighted by Crippen LogP contribution is -2.09. The largest absolute Gasteiger partial charge is 0.330 e. The highest BCUT2D eigenvalue weighted by atomic mass is 14.5. The fourth-order valence-electron chi connectivity index (χ4n) is 3.18. The van der Waals surface area contributed by atoms with Crippen molar-refractivity contribution in [1.29, 1.82) is 0 Å². The Morgan fingerprint density at radius 2 is 2.00 bits per heavy atom. The summed E-state index contributed by atoms with van der Waals surface area (Å²) in [6.07, 6.45) is 7.94. The lowest BCUT2D eigenvalue weighted by molar-refractivity contribution is 0.565. The third-order valence-corrected chi connectivity index (χ3v) is 4.22. The van der Waals surface area contributed by atoms with Gasteiger partial charge in [0, 0.05) is 0 Å². The molecule has 1 aromatic carbocycles. The number of hydrogen-bond donors (Lipinski definition) is 1. The van der Waals surface area contributed by atoms with Gasteiger partial charge in [0.05, 0.1) is 0 Å². The fraction of sp³-hybridized carbons (Fsp3) is 0.600. The lowest BCUT2D eigenvalue weighted by Gasteiger charge is -2.17. The second-order valence-electron chi connectivity index (χ2n) is 5.40. The summed E-state index contributed by atoms with van der Waals surface area (Å²) < 4.78 is 0. The van der Waals surface area contributed by atoms with Crippen LogP contribution in [0.4, 0.5) is 0 Å². The molecule has 0 amide bonds.